The highest BCUT2D eigenvalue weighted by molar-refractivity contribution is 6.01. The van der Waals surface area contributed by atoms with Gasteiger partial charge in [-0.2, -0.15) is 0 Å². The quantitative estimate of drug-likeness (QED) is 0.0175. The Hall–Kier alpha value is -8.99. The number of carbonyl (C=O) groups is 14. The number of carbonyl (C=O) groups excluding carboxylic acids is 12. The van der Waals surface area contributed by atoms with E-state index in [1.165, 1.54) is 60.9 Å². The van der Waals surface area contributed by atoms with Gasteiger partial charge in [0.1, 0.15) is 46.8 Å². The second kappa shape index (κ2) is 54.7. The van der Waals surface area contributed by atoms with Crippen LogP contribution in [0.3, 0.4) is 0 Å². The number of methoxy groups -OCH3 is 7. The van der Waals surface area contributed by atoms with Crippen molar-refractivity contribution < 1.29 is 129 Å². The minimum absolute atomic E-state index is 0.00655. The smallest absolute Gasteiger partial charge is 0.309 e. The van der Waals surface area contributed by atoms with E-state index in [0.717, 1.165) is 0 Å². The molecule has 34 heteroatoms. The largest absolute Gasteiger partial charge is 0.481 e. The lowest BCUT2D eigenvalue weighted by atomic mass is 9.86. The van der Waals surface area contributed by atoms with E-state index in [0.29, 0.717) is 42.8 Å². The highest BCUT2D eigenvalue weighted by Gasteiger charge is 2.50. The topological polar surface area (TPSA) is 483 Å². The summed E-state index contributed by atoms with van der Waals surface area (Å²) in [6, 6.07) is 0.892. The number of rotatable bonds is 43. The molecule has 0 bridgehead atoms. The number of hydrogen-bond donors (Lipinski definition) is 6. The molecular formula is C80H131N7O27. The Bertz CT molecular complexity index is 3490. The fourth-order valence-corrected chi connectivity index (χ4v) is 10.2. The molecule has 3 aromatic heterocycles. The van der Waals surface area contributed by atoms with Crippen molar-refractivity contribution in [3.8, 4) is 0 Å². The van der Waals surface area contributed by atoms with Crippen LogP contribution in [0.2, 0.25) is 0 Å². The van der Waals surface area contributed by atoms with Crippen LogP contribution in [0.5, 0.6) is 0 Å². The number of hydrogen-bond acceptors (Lipinski definition) is 28. The van der Waals surface area contributed by atoms with Crippen LogP contribution >= 0.6 is 0 Å². The molecule has 0 aliphatic carbocycles. The normalized spacial score (nSPS) is 15.6. The standard InChI is InChI=1S/C24H37N3O7.C16H24N2O6.C15H22N2O6.C12H22O4.C7H14O2.C6H12O2/c1-13(2)8-17(21(29)24(6)12-33-24)25-22(30)16(14(3)4)10-20(28)19(11-32-7)26-23(31)18-9-15(5)34-27-18;1-9(2)11(16(21)23-5)7-14(19)13(8-22-4)17-15(20)12-6-10(3)24-18-12;1-8(2)10(15(20)21)6-13(18)12(7-22-4)16-14(19)11-5-9(3)23-17-11;1-8(2)10(12(14)16-5)6-11(13)9(3)7-15-4;1-5(2)6(3)7(8)9-4;1-4(2)5(3)6(7)8/h9,13-14,16-17,19H,8,10-12H2,1-7H3,(H,25,30)(H,26,31);6,9,11,13H,7-8H2,1-5H3,(H,17,20);5,8,10,12H,6-7H2,1-4H3,(H,16,19)(H,20,21);8-10H,6-7H2,1-5H3;5-6H,1-4H3;4-5H,1-3H3,(H,7,8)/t16-,17-,19-,24+;11-,13-;10-,12-;9-,10?;6-;5-/m000000/s1. The summed E-state index contributed by atoms with van der Waals surface area (Å²) in [5.41, 5.74) is -0.677. The number of aryl methyl sites for hydroxylation is 3. The Balaban J connectivity index is 0. The van der Waals surface area contributed by atoms with Gasteiger partial charge in [-0.3, -0.25) is 67.1 Å². The Labute approximate surface area is 670 Å². The first-order valence-electron chi connectivity index (χ1n) is 38.0. The van der Waals surface area contributed by atoms with Gasteiger partial charge < -0.3 is 82.9 Å². The molecule has 0 aromatic carbocycles. The van der Waals surface area contributed by atoms with Crippen molar-refractivity contribution in [2.45, 2.75) is 207 Å². The van der Waals surface area contributed by atoms with E-state index >= 15 is 0 Å². The van der Waals surface area contributed by atoms with Crippen molar-refractivity contribution in [2.75, 3.05) is 82.8 Å². The van der Waals surface area contributed by atoms with Crippen molar-refractivity contribution >= 4 is 82.4 Å². The number of Topliss-reactive ketones (excluding diaryl/α,β-unsaturated/α-hetero) is 5. The summed E-state index contributed by atoms with van der Waals surface area (Å²) in [4.78, 5) is 168. The maximum atomic E-state index is 13.2. The van der Waals surface area contributed by atoms with Crippen LogP contribution in [0.15, 0.2) is 31.8 Å². The van der Waals surface area contributed by atoms with E-state index < -0.39 is 88.9 Å². The van der Waals surface area contributed by atoms with E-state index in [1.807, 2.05) is 90.0 Å². The molecule has 1 aliphatic rings. The van der Waals surface area contributed by atoms with E-state index in [9.17, 15) is 72.2 Å². The maximum absolute atomic E-state index is 13.2. The number of epoxide rings is 1. The second-order valence-electron chi connectivity index (χ2n) is 30.7. The average molecular weight is 1620 g/mol. The predicted molar refractivity (Wildman–Crippen MR) is 416 cm³/mol. The first-order valence-corrected chi connectivity index (χ1v) is 38.0. The Morgan fingerprint density at radius 3 is 0.939 bits per heavy atom. The zero-order valence-electron chi connectivity index (χ0n) is 72.1. The number of carboxylic acids is 2. The van der Waals surface area contributed by atoms with Gasteiger partial charge in [-0.15, -0.1) is 0 Å². The van der Waals surface area contributed by atoms with Crippen molar-refractivity contribution in [1.29, 1.82) is 0 Å². The molecule has 648 valence electrons. The summed E-state index contributed by atoms with van der Waals surface area (Å²) in [5.74, 6) is -6.78. The van der Waals surface area contributed by atoms with Crippen LogP contribution in [0.1, 0.15) is 205 Å². The predicted octanol–water partition coefficient (Wildman–Crippen LogP) is 8.51. The molecule has 0 radical (unpaired) electrons. The summed E-state index contributed by atoms with van der Waals surface area (Å²) >= 11 is 0. The van der Waals surface area contributed by atoms with Gasteiger partial charge in [0.2, 0.25) is 5.91 Å². The van der Waals surface area contributed by atoms with Gasteiger partial charge in [0.05, 0.1) is 90.0 Å². The molecule has 12 atom stereocenters. The van der Waals surface area contributed by atoms with Gasteiger partial charge in [0.25, 0.3) is 17.7 Å². The second-order valence-corrected chi connectivity index (χ2v) is 30.7. The number of carboxylic acid groups (broad SMARTS) is 2. The number of aromatic nitrogens is 3. The molecule has 1 fully saturated rings. The average Bonchev–Trinajstić information content (AvgIpc) is 1.64. The fourth-order valence-electron chi connectivity index (χ4n) is 10.2. The molecule has 114 heavy (non-hydrogen) atoms. The summed E-state index contributed by atoms with van der Waals surface area (Å²) < 4.78 is 53.8. The molecule has 1 aliphatic heterocycles. The molecule has 1 unspecified atom stereocenters. The third-order valence-corrected chi connectivity index (χ3v) is 18.6. The van der Waals surface area contributed by atoms with E-state index in [4.69, 9.17) is 51.8 Å². The van der Waals surface area contributed by atoms with E-state index in [-0.39, 0.29) is 163 Å². The Morgan fingerprint density at radius 2 is 0.711 bits per heavy atom. The van der Waals surface area contributed by atoms with Gasteiger partial charge in [0.15, 0.2) is 40.2 Å². The third kappa shape index (κ3) is 40.3. The zero-order chi connectivity index (χ0) is 88.4. The lowest BCUT2D eigenvalue weighted by molar-refractivity contribution is -0.149. The van der Waals surface area contributed by atoms with Crippen LogP contribution in [-0.4, -0.2) is 221 Å². The van der Waals surface area contributed by atoms with Crippen LogP contribution in [-0.2, 0) is 90.6 Å². The molecule has 34 nitrogen and oxygen atoms in total. The van der Waals surface area contributed by atoms with Crippen molar-refractivity contribution in [1.82, 2.24) is 36.7 Å². The number of ketones is 5. The minimum atomic E-state index is -1.04. The molecule has 1 saturated heterocycles. The summed E-state index contributed by atoms with van der Waals surface area (Å²) in [7, 11) is 9.84. The van der Waals surface area contributed by atoms with Crippen LogP contribution in [0, 0.1) is 104 Å². The van der Waals surface area contributed by atoms with Crippen molar-refractivity contribution in [3.05, 3.63) is 52.6 Å². The van der Waals surface area contributed by atoms with Crippen molar-refractivity contribution in [3.63, 3.8) is 0 Å². The van der Waals surface area contributed by atoms with Gasteiger partial charge in [-0.1, -0.05) is 133 Å². The number of nitrogens with one attached hydrogen (secondary N) is 4. The summed E-state index contributed by atoms with van der Waals surface area (Å²) in [6.45, 7) is 39.1. The number of esters is 3. The van der Waals surface area contributed by atoms with Crippen LogP contribution in [0.4, 0.5) is 0 Å². The molecule has 0 spiro atoms. The highest BCUT2D eigenvalue weighted by Crippen LogP contribution is 2.31. The lowest BCUT2D eigenvalue weighted by Gasteiger charge is -2.27. The monoisotopic (exact) mass is 1620 g/mol. The number of nitrogens with zero attached hydrogens (tertiary/aromatic N) is 3. The molecule has 3 aromatic rings. The van der Waals surface area contributed by atoms with Gasteiger partial charge in [0, 0.05) is 84.2 Å². The first-order chi connectivity index (χ1) is 53.0. The minimum Gasteiger partial charge on any atom is -0.481 e. The third-order valence-electron chi connectivity index (χ3n) is 18.6. The molecular weight excluding hydrogens is 1490 g/mol. The molecule has 4 rings (SSSR count). The molecule has 6 N–H and O–H groups in total. The van der Waals surface area contributed by atoms with E-state index in [1.54, 1.807) is 62.5 Å². The van der Waals surface area contributed by atoms with Crippen molar-refractivity contribution in [2.24, 2.45) is 82.9 Å². The first kappa shape index (κ1) is 107. The van der Waals surface area contributed by atoms with Gasteiger partial charge >= 0.3 is 29.8 Å². The maximum Gasteiger partial charge on any atom is 0.309 e. The zero-order valence-corrected chi connectivity index (χ0v) is 72.1. The van der Waals surface area contributed by atoms with Gasteiger partial charge in [-0.05, 0) is 75.5 Å². The Kier molecular flexibility index (Phi) is 51.4. The van der Waals surface area contributed by atoms with Crippen LogP contribution < -0.4 is 21.3 Å². The fraction of sp³-hybridized carbons (Fsp3) is 0.713. The Morgan fingerprint density at radius 1 is 0.404 bits per heavy atom. The number of aliphatic carboxylic acids is 2. The van der Waals surface area contributed by atoms with Gasteiger partial charge in [-0.25, -0.2) is 0 Å². The molecule has 0 saturated carbocycles. The van der Waals surface area contributed by atoms with Crippen LogP contribution in [0.25, 0.3) is 0 Å². The highest BCUT2D eigenvalue weighted by atomic mass is 16.6. The SMILES string of the molecule is CC(C)[C@H](C)C(=O)O.COC(=O)[C@@H](C)C(C)C.COC[C@H](C)C(=O)CC(C(=O)OC)C(C)C.COC[C@H](NC(=O)c1cc(C)on1)C(=O)C[C@H](C(=O)N[C@@H](CC(C)C)C(=O)[C@@]1(C)CO1)C(C)C.COC[C@H](NC(=O)c1cc(C)on1)C(=O)C[C@H](C(=O)O)C(C)C.COC[C@H](NC(=O)c1cc(C)on1)C(=O)C[C@H](C(=O)OC)C(C)C. The summed E-state index contributed by atoms with van der Waals surface area (Å²) in [5, 5.41) is 38.9. The molecule has 4 heterocycles. The summed E-state index contributed by atoms with van der Waals surface area (Å²) in [6.07, 6.45) is 0.359. The number of ether oxygens (including phenoxy) is 8. The van der Waals surface area contributed by atoms with E-state index in [2.05, 4.69) is 41.5 Å². The number of amides is 4. The molecule has 4 amide bonds. The lowest BCUT2D eigenvalue weighted by Crippen LogP contribution is -2.50.